The molecule has 0 saturated heterocycles. The fourth-order valence-electron chi connectivity index (χ4n) is 1.38. The van der Waals surface area contributed by atoms with Gasteiger partial charge in [0.2, 0.25) is 0 Å². The fraction of sp³-hybridized carbons (Fsp3) is 0.600. The minimum absolute atomic E-state index is 0.487. The molecule has 0 aliphatic carbocycles. The lowest BCUT2D eigenvalue weighted by molar-refractivity contribution is 0.189. The van der Waals surface area contributed by atoms with Crippen LogP contribution in [0.5, 0.6) is 0 Å². The van der Waals surface area contributed by atoms with Crippen LogP contribution in [0.25, 0.3) is 0 Å². The Morgan fingerprint density at radius 2 is 2.46 bits per heavy atom. The van der Waals surface area contributed by atoms with Crippen molar-refractivity contribution in [2.75, 3.05) is 20.8 Å². The molecule has 1 atom stereocenters. The zero-order valence-corrected chi connectivity index (χ0v) is 9.06. The van der Waals surface area contributed by atoms with E-state index in [0.717, 1.165) is 19.4 Å². The minimum atomic E-state index is 0.487. The fourth-order valence-corrected chi connectivity index (χ4v) is 2.10. The van der Waals surface area contributed by atoms with Crippen molar-refractivity contribution < 1.29 is 4.74 Å². The first-order chi connectivity index (χ1) is 6.38. The van der Waals surface area contributed by atoms with Crippen LogP contribution in [0, 0.1) is 0 Å². The third kappa shape index (κ3) is 3.46. The van der Waals surface area contributed by atoms with E-state index in [1.54, 1.807) is 18.4 Å². The molecule has 0 aliphatic rings. The van der Waals surface area contributed by atoms with Crippen LogP contribution in [0.1, 0.15) is 24.4 Å². The first kappa shape index (κ1) is 10.7. The van der Waals surface area contributed by atoms with Crippen molar-refractivity contribution in [1.82, 2.24) is 5.32 Å². The van der Waals surface area contributed by atoms with Gasteiger partial charge >= 0.3 is 0 Å². The smallest absolute Gasteiger partial charge is 0.0462 e. The molecular weight excluding hydrogens is 182 g/mol. The van der Waals surface area contributed by atoms with E-state index in [0.29, 0.717) is 6.04 Å². The Hall–Kier alpha value is -0.380. The molecule has 0 bridgehead atoms. The van der Waals surface area contributed by atoms with E-state index in [1.807, 2.05) is 7.05 Å². The first-order valence-corrected chi connectivity index (χ1v) is 5.51. The van der Waals surface area contributed by atoms with Crippen molar-refractivity contribution >= 4 is 11.3 Å². The number of hydrogen-bond donors (Lipinski definition) is 1. The summed E-state index contributed by atoms with van der Waals surface area (Å²) in [5.41, 5.74) is 1.39. The molecule has 0 fully saturated rings. The van der Waals surface area contributed by atoms with Crippen molar-refractivity contribution in [3.8, 4) is 0 Å². The highest BCUT2D eigenvalue weighted by Gasteiger charge is 2.08. The average Bonchev–Trinajstić information content (AvgIpc) is 2.65. The Balaban J connectivity index is 2.35. The van der Waals surface area contributed by atoms with E-state index in [9.17, 15) is 0 Å². The second-order valence-electron chi connectivity index (χ2n) is 3.03. The average molecular weight is 199 g/mol. The Morgan fingerprint density at radius 1 is 1.62 bits per heavy atom. The maximum absolute atomic E-state index is 5.03. The van der Waals surface area contributed by atoms with Crippen LogP contribution in [0.3, 0.4) is 0 Å². The number of nitrogens with one attached hydrogen (secondary N) is 1. The van der Waals surface area contributed by atoms with E-state index >= 15 is 0 Å². The molecule has 1 unspecified atom stereocenters. The predicted molar refractivity (Wildman–Crippen MR) is 57.2 cm³/mol. The third-order valence-corrected chi connectivity index (χ3v) is 2.84. The van der Waals surface area contributed by atoms with E-state index < -0.39 is 0 Å². The van der Waals surface area contributed by atoms with Gasteiger partial charge in [0.25, 0.3) is 0 Å². The number of rotatable bonds is 6. The second-order valence-corrected chi connectivity index (χ2v) is 3.81. The molecule has 0 spiro atoms. The summed E-state index contributed by atoms with van der Waals surface area (Å²) in [6.45, 7) is 0.850. The van der Waals surface area contributed by atoms with E-state index in [-0.39, 0.29) is 0 Å². The first-order valence-electron chi connectivity index (χ1n) is 4.56. The molecule has 13 heavy (non-hydrogen) atoms. The van der Waals surface area contributed by atoms with Gasteiger partial charge in [0.15, 0.2) is 0 Å². The van der Waals surface area contributed by atoms with E-state index in [2.05, 4.69) is 22.1 Å². The zero-order chi connectivity index (χ0) is 9.52. The maximum atomic E-state index is 5.03. The molecule has 1 aromatic rings. The van der Waals surface area contributed by atoms with Crippen LogP contribution < -0.4 is 5.32 Å². The van der Waals surface area contributed by atoms with Gasteiger partial charge in [-0.2, -0.15) is 11.3 Å². The highest BCUT2D eigenvalue weighted by atomic mass is 32.1. The van der Waals surface area contributed by atoms with Crippen LogP contribution in [0.2, 0.25) is 0 Å². The lowest BCUT2D eigenvalue weighted by atomic mass is 10.1. The molecule has 0 aromatic carbocycles. The second kappa shape index (κ2) is 6.13. The van der Waals surface area contributed by atoms with Crippen LogP contribution >= 0.6 is 11.3 Å². The molecular formula is C10H17NOS. The van der Waals surface area contributed by atoms with Crippen molar-refractivity contribution in [3.63, 3.8) is 0 Å². The SMILES string of the molecule is CNC(CCCOC)c1ccsc1. The summed E-state index contributed by atoms with van der Waals surface area (Å²) in [5.74, 6) is 0. The molecule has 0 amide bonds. The number of hydrogen-bond acceptors (Lipinski definition) is 3. The van der Waals surface area contributed by atoms with Gasteiger partial charge in [0, 0.05) is 19.8 Å². The lowest BCUT2D eigenvalue weighted by Crippen LogP contribution is -2.16. The lowest BCUT2D eigenvalue weighted by Gasteiger charge is -2.14. The van der Waals surface area contributed by atoms with Crippen LogP contribution in [0.15, 0.2) is 16.8 Å². The Labute approximate surface area is 83.9 Å². The van der Waals surface area contributed by atoms with Gasteiger partial charge in [-0.25, -0.2) is 0 Å². The standard InChI is InChI=1S/C10H17NOS/c1-11-10(4-3-6-12-2)9-5-7-13-8-9/h5,7-8,10-11H,3-4,6H2,1-2H3. The van der Waals surface area contributed by atoms with Gasteiger partial charge in [0.1, 0.15) is 0 Å². The summed E-state index contributed by atoms with van der Waals surface area (Å²) in [4.78, 5) is 0. The number of ether oxygens (including phenoxy) is 1. The zero-order valence-electron chi connectivity index (χ0n) is 8.25. The van der Waals surface area contributed by atoms with Gasteiger partial charge in [-0.15, -0.1) is 0 Å². The van der Waals surface area contributed by atoms with Crippen LogP contribution in [0.4, 0.5) is 0 Å². The number of methoxy groups -OCH3 is 1. The van der Waals surface area contributed by atoms with Gasteiger partial charge in [0.05, 0.1) is 0 Å². The third-order valence-electron chi connectivity index (χ3n) is 2.14. The summed E-state index contributed by atoms with van der Waals surface area (Å²) in [6, 6.07) is 2.67. The van der Waals surface area contributed by atoms with Gasteiger partial charge in [-0.1, -0.05) is 0 Å². The Bertz CT molecular complexity index is 211. The van der Waals surface area contributed by atoms with Crippen molar-refractivity contribution in [2.24, 2.45) is 0 Å². The molecule has 0 radical (unpaired) electrons. The summed E-state index contributed by atoms with van der Waals surface area (Å²) in [7, 11) is 3.76. The van der Waals surface area contributed by atoms with Crippen molar-refractivity contribution in [1.29, 1.82) is 0 Å². The van der Waals surface area contributed by atoms with Crippen LogP contribution in [-0.2, 0) is 4.74 Å². The largest absolute Gasteiger partial charge is 0.385 e. The minimum Gasteiger partial charge on any atom is -0.385 e. The predicted octanol–water partition coefficient (Wildman–Crippen LogP) is 2.44. The summed E-state index contributed by atoms with van der Waals surface area (Å²) in [5, 5.41) is 7.64. The van der Waals surface area contributed by atoms with Gasteiger partial charge in [-0.05, 0) is 42.3 Å². The molecule has 1 aromatic heterocycles. The summed E-state index contributed by atoms with van der Waals surface area (Å²) in [6.07, 6.45) is 2.25. The normalized spacial score (nSPS) is 13.1. The highest BCUT2D eigenvalue weighted by molar-refractivity contribution is 7.07. The number of thiophene rings is 1. The topological polar surface area (TPSA) is 21.3 Å². The molecule has 1 rings (SSSR count). The maximum Gasteiger partial charge on any atom is 0.0462 e. The molecule has 74 valence electrons. The molecule has 0 saturated carbocycles. The van der Waals surface area contributed by atoms with Gasteiger partial charge < -0.3 is 10.1 Å². The molecule has 3 heteroatoms. The van der Waals surface area contributed by atoms with Crippen molar-refractivity contribution in [2.45, 2.75) is 18.9 Å². The summed E-state index contributed by atoms with van der Waals surface area (Å²) >= 11 is 1.75. The van der Waals surface area contributed by atoms with Crippen LogP contribution in [-0.4, -0.2) is 20.8 Å². The monoisotopic (exact) mass is 199 g/mol. The molecule has 1 N–H and O–H groups in total. The molecule has 2 nitrogen and oxygen atoms in total. The highest BCUT2D eigenvalue weighted by Crippen LogP contribution is 2.20. The Kier molecular flexibility index (Phi) is 5.05. The van der Waals surface area contributed by atoms with E-state index in [1.165, 1.54) is 5.56 Å². The quantitative estimate of drug-likeness (QED) is 0.710. The summed E-state index contributed by atoms with van der Waals surface area (Å²) < 4.78 is 5.03. The van der Waals surface area contributed by atoms with Gasteiger partial charge in [-0.3, -0.25) is 0 Å². The molecule has 0 aliphatic heterocycles. The Morgan fingerprint density at radius 3 is 3.00 bits per heavy atom. The van der Waals surface area contributed by atoms with E-state index in [4.69, 9.17) is 4.74 Å². The molecule has 1 heterocycles. The van der Waals surface area contributed by atoms with Crippen molar-refractivity contribution in [3.05, 3.63) is 22.4 Å².